The first-order valence-corrected chi connectivity index (χ1v) is 6.95. The first-order chi connectivity index (χ1) is 9.61. The van der Waals surface area contributed by atoms with Gasteiger partial charge in [-0.3, -0.25) is 4.79 Å². The summed E-state index contributed by atoms with van der Waals surface area (Å²) in [5.74, 6) is -0.923. The molecule has 0 radical (unpaired) electrons. The molecule has 4 heteroatoms. The summed E-state index contributed by atoms with van der Waals surface area (Å²) >= 11 is 0. The van der Waals surface area contributed by atoms with Crippen molar-refractivity contribution in [3.05, 3.63) is 41.5 Å². The highest BCUT2D eigenvalue weighted by molar-refractivity contribution is 5.96. The van der Waals surface area contributed by atoms with Crippen LogP contribution in [0.3, 0.4) is 0 Å². The minimum absolute atomic E-state index is 0.0372. The van der Waals surface area contributed by atoms with E-state index in [9.17, 15) is 9.59 Å². The molecule has 0 spiro atoms. The molecule has 1 heterocycles. The minimum atomic E-state index is -0.960. The molecule has 0 bridgehead atoms. The van der Waals surface area contributed by atoms with Crippen LogP contribution in [0.2, 0.25) is 0 Å². The second kappa shape index (κ2) is 6.37. The molecule has 1 aliphatic heterocycles. The molecule has 1 amide bonds. The van der Waals surface area contributed by atoms with Crippen molar-refractivity contribution in [3.8, 4) is 0 Å². The van der Waals surface area contributed by atoms with Crippen molar-refractivity contribution in [2.45, 2.75) is 26.2 Å². The Hall–Kier alpha value is -2.10. The molecule has 1 N–H and O–H groups in total. The van der Waals surface area contributed by atoms with Gasteiger partial charge < -0.3 is 10.0 Å². The van der Waals surface area contributed by atoms with E-state index in [2.05, 4.69) is 0 Å². The van der Waals surface area contributed by atoms with Crippen molar-refractivity contribution in [2.24, 2.45) is 0 Å². The zero-order valence-corrected chi connectivity index (χ0v) is 11.6. The van der Waals surface area contributed by atoms with Crippen LogP contribution in [0.4, 0.5) is 0 Å². The number of hydrogen-bond acceptors (Lipinski definition) is 2. The Balaban J connectivity index is 2.27. The Bertz CT molecular complexity index is 542. The number of aliphatic carboxylic acids is 1. The number of nitrogens with zero attached hydrogens (tertiary/aromatic N) is 1. The van der Waals surface area contributed by atoms with E-state index in [0.29, 0.717) is 12.0 Å². The monoisotopic (exact) mass is 273 g/mol. The molecule has 0 unspecified atom stereocenters. The summed E-state index contributed by atoms with van der Waals surface area (Å²) in [6, 6.07) is 7.24. The Morgan fingerprint density at radius 2 is 1.90 bits per heavy atom. The van der Waals surface area contributed by atoms with Gasteiger partial charge in [0, 0.05) is 24.7 Å². The summed E-state index contributed by atoms with van der Waals surface area (Å²) in [6.07, 6.45) is 3.95. The lowest BCUT2D eigenvalue weighted by molar-refractivity contribution is -0.131. The van der Waals surface area contributed by atoms with Gasteiger partial charge in [-0.05, 0) is 42.5 Å². The summed E-state index contributed by atoms with van der Waals surface area (Å²) in [5, 5.41) is 8.88. The molecule has 0 aromatic heterocycles. The lowest BCUT2D eigenvalue weighted by atomic mass is 10.0. The van der Waals surface area contributed by atoms with Crippen molar-refractivity contribution in [1.82, 2.24) is 4.90 Å². The van der Waals surface area contributed by atoms with Gasteiger partial charge in [-0.25, -0.2) is 4.79 Å². The molecular weight excluding hydrogens is 254 g/mol. The fourth-order valence-corrected chi connectivity index (χ4v) is 2.49. The van der Waals surface area contributed by atoms with E-state index >= 15 is 0 Å². The molecular formula is C16H19NO3. The highest BCUT2D eigenvalue weighted by Gasteiger charge is 2.19. The van der Waals surface area contributed by atoms with Crippen molar-refractivity contribution in [1.29, 1.82) is 0 Å². The Morgan fingerprint density at radius 1 is 1.25 bits per heavy atom. The molecule has 1 aromatic rings. The van der Waals surface area contributed by atoms with E-state index in [1.54, 1.807) is 12.1 Å². The third-order valence-corrected chi connectivity index (χ3v) is 3.55. The van der Waals surface area contributed by atoms with Gasteiger partial charge in [0.15, 0.2) is 0 Å². The van der Waals surface area contributed by atoms with E-state index in [1.807, 2.05) is 24.0 Å². The van der Waals surface area contributed by atoms with E-state index < -0.39 is 5.97 Å². The van der Waals surface area contributed by atoms with Crippen molar-refractivity contribution >= 4 is 17.4 Å². The van der Waals surface area contributed by atoms with Gasteiger partial charge in [-0.1, -0.05) is 19.1 Å². The third kappa shape index (κ3) is 3.26. The normalized spacial score (nSPS) is 15.4. The van der Waals surface area contributed by atoms with Crippen LogP contribution in [0.5, 0.6) is 0 Å². The van der Waals surface area contributed by atoms with Gasteiger partial charge in [0.25, 0.3) is 5.91 Å². The number of hydrogen-bond donors (Lipinski definition) is 1. The number of likely N-dealkylation sites (tertiary alicyclic amines) is 1. The van der Waals surface area contributed by atoms with Crippen LogP contribution in [0.15, 0.2) is 30.3 Å². The second-order valence-corrected chi connectivity index (χ2v) is 4.94. The molecule has 1 saturated heterocycles. The average molecular weight is 273 g/mol. The highest BCUT2D eigenvalue weighted by atomic mass is 16.4. The fraction of sp³-hybridized carbons (Fsp3) is 0.375. The SMILES string of the molecule is CC/C(=C\C(=O)O)c1cccc(C(=O)N2CCCC2)c1. The van der Waals surface area contributed by atoms with Gasteiger partial charge in [-0.15, -0.1) is 0 Å². The summed E-state index contributed by atoms with van der Waals surface area (Å²) in [4.78, 5) is 25.0. The van der Waals surface area contributed by atoms with Crippen LogP contribution in [0.1, 0.15) is 42.1 Å². The first kappa shape index (κ1) is 14.3. The largest absolute Gasteiger partial charge is 0.478 e. The molecule has 20 heavy (non-hydrogen) atoms. The van der Waals surface area contributed by atoms with Gasteiger partial charge in [-0.2, -0.15) is 0 Å². The molecule has 4 nitrogen and oxygen atoms in total. The molecule has 0 saturated carbocycles. The fourth-order valence-electron chi connectivity index (χ4n) is 2.49. The maximum absolute atomic E-state index is 12.3. The van der Waals surface area contributed by atoms with Crippen molar-refractivity contribution in [2.75, 3.05) is 13.1 Å². The number of allylic oxidation sites excluding steroid dienone is 1. The molecule has 2 rings (SSSR count). The van der Waals surface area contributed by atoms with Crippen LogP contribution in [-0.2, 0) is 4.79 Å². The van der Waals surface area contributed by atoms with Crippen LogP contribution in [0.25, 0.3) is 5.57 Å². The van der Waals surface area contributed by atoms with Crippen molar-refractivity contribution in [3.63, 3.8) is 0 Å². The molecule has 106 valence electrons. The number of carbonyl (C=O) groups excluding carboxylic acids is 1. The lowest BCUT2D eigenvalue weighted by Gasteiger charge is -2.16. The van der Waals surface area contributed by atoms with Crippen LogP contribution < -0.4 is 0 Å². The van der Waals surface area contributed by atoms with Gasteiger partial charge in [0.05, 0.1) is 0 Å². The van der Waals surface area contributed by atoms with Gasteiger partial charge in [0.2, 0.25) is 0 Å². The van der Waals surface area contributed by atoms with E-state index in [4.69, 9.17) is 5.11 Å². The zero-order valence-electron chi connectivity index (χ0n) is 11.6. The number of benzene rings is 1. The second-order valence-electron chi connectivity index (χ2n) is 4.94. The predicted octanol–water partition coefficient (Wildman–Crippen LogP) is 2.80. The van der Waals surface area contributed by atoms with Crippen molar-refractivity contribution < 1.29 is 14.7 Å². The molecule has 1 fully saturated rings. The van der Waals surface area contributed by atoms with Crippen LogP contribution >= 0.6 is 0 Å². The summed E-state index contributed by atoms with van der Waals surface area (Å²) in [6.45, 7) is 3.53. The smallest absolute Gasteiger partial charge is 0.328 e. The summed E-state index contributed by atoms with van der Waals surface area (Å²) < 4.78 is 0. The quantitative estimate of drug-likeness (QED) is 0.858. The maximum atomic E-state index is 12.3. The minimum Gasteiger partial charge on any atom is -0.478 e. The number of carboxylic acid groups (broad SMARTS) is 1. The average Bonchev–Trinajstić information content (AvgIpc) is 2.98. The first-order valence-electron chi connectivity index (χ1n) is 6.95. The van der Waals surface area contributed by atoms with Crippen LogP contribution in [0, 0.1) is 0 Å². The number of carbonyl (C=O) groups is 2. The molecule has 0 atom stereocenters. The number of amides is 1. The van der Waals surface area contributed by atoms with E-state index in [-0.39, 0.29) is 5.91 Å². The number of rotatable bonds is 4. The standard InChI is InChI=1S/C16H19NO3/c1-2-12(11-15(18)19)13-6-5-7-14(10-13)16(20)17-8-3-4-9-17/h5-7,10-11H,2-4,8-9H2,1H3,(H,18,19)/b12-11+. The summed E-state index contributed by atoms with van der Waals surface area (Å²) in [7, 11) is 0. The number of carboxylic acids is 1. The maximum Gasteiger partial charge on any atom is 0.328 e. The predicted molar refractivity (Wildman–Crippen MR) is 77.5 cm³/mol. The Labute approximate surface area is 118 Å². The topological polar surface area (TPSA) is 57.6 Å². The summed E-state index contributed by atoms with van der Waals surface area (Å²) in [5.41, 5.74) is 2.17. The lowest BCUT2D eigenvalue weighted by Crippen LogP contribution is -2.27. The van der Waals surface area contributed by atoms with Crippen LogP contribution in [-0.4, -0.2) is 35.0 Å². The Morgan fingerprint density at radius 3 is 2.50 bits per heavy atom. The van der Waals surface area contributed by atoms with Gasteiger partial charge in [0.1, 0.15) is 0 Å². The van der Waals surface area contributed by atoms with Gasteiger partial charge >= 0.3 is 5.97 Å². The van der Waals surface area contributed by atoms with E-state index in [1.165, 1.54) is 6.08 Å². The zero-order chi connectivity index (χ0) is 14.5. The van der Waals surface area contributed by atoms with E-state index in [0.717, 1.165) is 37.1 Å². The molecule has 0 aliphatic carbocycles. The highest BCUT2D eigenvalue weighted by Crippen LogP contribution is 2.21. The Kier molecular flexibility index (Phi) is 4.56. The molecule has 1 aliphatic rings. The third-order valence-electron chi connectivity index (χ3n) is 3.55. The molecule has 1 aromatic carbocycles.